The summed E-state index contributed by atoms with van der Waals surface area (Å²) in [5, 5.41) is 11.3. The number of benzene rings is 3. The summed E-state index contributed by atoms with van der Waals surface area (Å²) < 4.78 is 0. The molecular weight excluding hydrogens is 432 g/mol. The average Bonchev–Trinajstić information content (AvgIpc) is 3.27. The van der Waals surface area contributed by atoms with Gasteiger partial charge in [0.1, 0.15) is 0 Å². The predicted octanol–water partition coefficient (Wildman–Crippen LogP) is 5.82. The molecule has 6 nitrogen and oxygen atoms in total. The zero-order chi connectivity index (χ0) is 21.5. The predicted molar refractivity (Wildman–Crippen MR) is 120 cm³/mol. The Kier molecular flexibility index (Phi) is 5.03. The number of para-hydroxylation sites is 1. The lowest BCUT2D eigenvalue weighted by atomic mass is 10.1. The molecule has 1 aliphatic heterocycles. The van der Waals surface area contributed by atoms with Crippen LogP contribution in [-0.4, -0.2) is 21.6 Å². The van der Waals surface area contributed by atoms with E-state index in [2.05, 4.69) is 0 Å². The Morgan fingerprint density at radius 2 is 1.42 bits per heavy atom. The van der Waals surface area contributed by atoms with Crippen LogP contribution in [0.2, 0.25) is 0 Å². The van der Waals surface area contributed by atoms with E-state index in [0.29, 0.717) is 22.4 Å². The molecule has 0 radical (unpaired) electrons. The molecular formula is C23H16N2O4S2. The van der Waals surface area contributed by atoms with E-state index >= 15 is 0 Å². The Morgan fingerprint density at radius 1 is 0.839 bits per heavy atom. The molecule has 1 aliphatic carbocycles. The Morgan fingerprint density at radius 3 is 2.10 bits per heavy atom. The standard InChI is InChI=1S/C23H16N2O4S2/c26-22-16-9-3-4-10-17(16)23(27)24(22)19-13-21(15-8-2-1-7-14(15)19)31-30-20-12-6-5-11-18(20)25(28)29/h1-12,19,21H,13H2. The van der Waals surface area contributed by atoms with Crippen molar-refractivity contribution in [3.63, 3.8) is 0 Å². The summed E-state index contributed by atoms with van der Waals surface area (Å²) >= 11 is 0. The highest BCUT2D eigenvalue weighted by Gasteiger charge is 2.45. The molecule has 8 heteroatoms. The van der Waals surface area contributed by atoms with Gasteiger partial charge in [-0.1, -0.05) is 59.3 Å². The van der Waals surface area contributed by atoms with Gasteiger partial charge in [-0.25, -0.2) is 0 Å². The first-order valence-electron chi connectivity index (χ1n) is 9.68. The van der Waals surface area contributed by atoms with Crippen LogP contribution in [0.1, 0.15) is 49.6 Å². The highest BCUT2D eigenvalue weighted by Crippen LogP contribution is 2.55. The second kappa shape index (κ2) is 7.86. The van der Waals surface area contributed by atoms with Crippen LogP contribution in [0, 0.1) is 10.1 Å². The largest absolute Gasteiger partial charge is 0.283 e. The first kappa shape index (κ1) is 19.8. The van der Waals surface area contributed by atoms with Crippen molar-refractivity contribution < 1.29 is 14.5 Å². The number of hydrogen-bond donors (Lipinski definition) is 0. The fourth-order valence-electron chi connectivity index (χ4n) is 4.18. The average molecular weight is 449 g/mol. The number of carbonyl (C=O) groups is 2. The molecule has 2 aliphatic rings. The van der Waals surface area contributed by atoms with Crippen LogP contribution in [0.25, 0.3) is 0 Å². The summed E-state index contributed by atoms with van der Waals surface area (Å²) in [4.78, 5) is 39.0. The lowest BCUT2D eigenvalue weighted by molar-refractivity contribution is -0.387. The number of carbonyl (C=O) groups excluding carboxylic acids is 2. The number of nitro benzene ring substituents is 1. The number of fused-ring (bicyclic) bond motifs is 2. The van der Waals surface area contributed by atoms with Crippen molar-refractivity contribution in [2.75, 3.05) is 0 Å². The van der Waals surface area contributed by atoms with Crippen LogP contribution in [0.3, 0.4) is 0 Å². The number of imide groups is 1. The number of rotatable bonds is 5. The van der Waals surface area contributed by atoms with Gasteiger partial charge in [-0.05, 0) is 46.5 Å². The van der Waals surface area contributed by atoms with Crippen LogP contribution in [-0.2, 0) is 0 Å². The van der Waals surface area contributed by atoms with Gasteiger partial charge in [-0.2, -0.15) is 0 Å². The first-order valence-corrected chi connectivity index (χ1v) is 11.9. The fraction of sp³-hybridized carbons (Fsp3) is 0.130. The normalized spacial score (nSPS) is 19.4. The van der Waals surface area contributed by atoms with Gasteiger partial charge in [-0.3, -0.25) is 24.6 Å². The summed E-state index contributed by atoms with van der Waals surface area (Å²) in [5.41, 5.74) is 2.96. The van der Waals surface area contributed by atoms with Gasteiger partial charge in [0.25, 0.3) is 17.5 Å². The second-order valence-electron chi connectivity index (χ2n) is 7.30. The highest BCUT2D eigenvalue weighted by atomic mass is 33.1. The Balaban J connectivity index is 1.43. The minimum Gasteiger partial charge on any atom is -0.269 e. The molecule has 0 spiro atoms. The van der Waals surface area contributed by atoms with E-state index in [1.54, 1.807) is 42.5 Å². The molecule has 0 bridgehead atoms. The minimum absolute atomic E-state index is 0.00433. The minimum atomic E-state index is -0.382. The summed E-state index contributed by atoms with van der Waals surface area (Å²) in [7, 11) is 2.88. The number of hydrogen-bond acceptors (Lipinski definition) is 6. The van der Waals surface area contributed by atoms with Crippen LogP contribution >= 0.6 is 21.6 Å². The van der Waals surface area contributed by atoms with Gasteiger partial charge < -0.3 is 0 Å². The van der Waals surface area contributed by atoms with E-state index in [-0.39, 0.29) is 33.7 Å². The third-order valence-corrected chi connectivity index (χ3v) is 8.42. The van der Waals surface area contributed by atoms with Crippen molar-refractivity contribution in [2.24, 2.45) is 0 Å². The molecule has 2 unspecified atom stereocenters. The van der Waals surface area contributed by atoms with Crippen LogP contribution in [0.15, 0.2) is 77.7 Å². The fourth-order valence-corrected chi connectivity index (χ4v) is 6.97. The van der Waals surface area contributed by atoms with Gasteiger partial charge in [0.2, 0.25) is 0 Å². The molecule has 0 fully saturated rings. The Bertz CT molecular complexity index is 1190. The maximum Gasteiger partial charge on any atom is 0.283 e. The smallest absolute Gasteiger partial charge is 0.269 e. The zero-order valence-corrected chi connectivity index (χ0v) is 17.8. The highest BCUT2D eigenvalue weighted by molar-refractivity contribution is 8.76. The SMILES string of the molecule is O=C1c2ccccc2C(=O)N1C1CC(SSc2ccccc2[N+](=O)[O-])c2ccccc21. The molecule has 3 aromatic carbocycles. The van der Waals surface area contributed by atoms with Crippen molar-refractivity contribution in [1.29, 1.82) is 0 Å². The molecule has 1 heterocycles. The van der Waals surface area contributed by atoms with Crippen molar-refractivity contribution in [2.45, 2.75) is 22.6 Å². The van der Waals surface area contributed by atoms with E-state index in [4.69, 9.17) is 0 Å². The number of nitro groups is 1. The lowest BCUT2D eigenvalue weighted by Crippen LogP contribution is -2.33. The maximum absolute atomic E-state index is 13.0. The molecule has 5 rings (SSSR count). The molecule has 0 saturated carbocycles. The van der Waals surface area contributed by atoms with E-state index in [1.165, 1.54) is 32.6 Å². The third kappa shape index (κ3) is 3.32. The van der Waals surface area contributed by atoms with E-state index < -0.39 is 0 Å². The van der Waals surface area contributed by atoms with Crippen molar-refractivity contribution in [3.05, 3.63) is 105 Å². The van der Waals surface area contributed by atoms with Gasteiger partial charge >= 0.3 is 0 Å². The number of amides is 2. The van der Waals surface area contributed by atoms with Gasteiger partial charge in [-0.15, -0.1) is 0 Å². The number of nitrogens with zero attached hydrogens (tertiary/aromatic N) is 2. The van der Waals surface area contributed by atoms with Gasteiger partial charge in [0.15, 0.2) is 0 Å². The molecule has 3 aromatic rings. The van der Waals surface area contributed by atoms with Gasteiger partial charge in [0.05, 0.1) is 27.0 Å². The van der Waals surface area contributed by atoms with Crippen LogP contribution < -0.4 is 0 Å². The molecule has 0 saturated heterocycles. The van der Waals surface area contributed by atoms with Crippen molar-refractivity contribution in [1.82, 2.24) is 4.90 Å². The van der Waals surface area contributed by atoms with E-state index in [9.17, 15) is 19.7 Å². The van der Waals surface area contributed by atoms with Crippen molar-refractivity contribution >= 4 is 39.1 Å². The van der Waals surface area contributed by atoms with Crippen LogP contribution in [0.4, 0.5) is 5.69 Å². The quantitative estimate of drug-likeness (QED) is 0.212. The second-order valence-corrected chi connectivity index (χ2v) is 9.74. The maximum atomic E-state index is 13.0. The van der Waals surface area contributed by atoms with E-state index in [0.717, 1.165) is 11.1 Å². The Labute approximate surface area is 186 Å². The monoisotopic (exact) mass is 448 g/mol. The molecule has 0 N–H and O–H groups in total. The summed E-state index contributed by atoms with van der Waals surface area (Å²) in [6.07, 6.45) is 0.573. The van der Waals surface area contributed by atoms with Gasteiger partial charge in [0, 0.05) is 11.3 Å². The van der Waals surface area contributed by atoms with E-state index in [1.807, 2.05) is 24.3 Å². The Hall–Kier alpha value is -3.10. The zero-order valence-electron chi connectivity index (χ0n) is 16.1. The molecule has 2 amide bonds. The molecule has 154 valence electrons. The summed E-state index contributed by atoms with van der Waals surface area (Å²) in [6, 6.07) is 21.0. The lowest BCUT2D eigenvalue weighted by Gasteiger charge is -2.23. The first-order chi connectivity index (χ1) is 15.1. The van der Waals surface area contributed by atoms with Crippen molar-refractivity contribution in [3.8, 4) is 0 Å². The summed E-state index contributed by atoms with van der Waals surface area (Å²) in [5.74, 6) is -0.533. The van der Waals surface area contributed by atoms with Crippen LogP contribution in [0.5, 0.6) is 0 Å². The topological polar surface area (TPSA) is 80.5 Å². The summed E-state index contributed by atoms with van der Waals surface area (Å²) in [6.45, 7) is 0. The molecule has 2 atom stereocenters. The molecule has 0 aromatic heterocycles. The third-order valence-electron chi connectivity index (χ3n) is 5.59. The molecule has 31 heavy (non-hydrogen) atoms.